The van der Waals surface area contributed by atoms with Crippen molar-refractivity contribution in [3.05, 3.63) is 0 Å². The van der Waals surface area contributed by atoms with E-state index in [9.17, 15) is 0 Å². The van der Waals surface area contributed by atoms with Crippen LogP contribution in [0.4, 0.5) is 0 Å². The highest BCUT2D eigenvalue weighted by molar-refractivity contribution is 14.0. The van der Waals surface area contributed by atoms with Crippen molar-refractivity contribution in [2.45, 2.75) is 51.5 Å². The first-order valence-electron chi connectivity index (χ1n) is 9.24. The lowest BCUT2D eigenvalue weighted by Gasteiger charge is -2.24. The Bertz CT molecular complexity index is 331. The Balaban J connectivity index is 0.00000264. The molecule has 0 bridgehead atoms. The Hall–Kier alpha value is -0.0800. The van der Waals surface area contributed by atoms with Gasteiger partial charge in [0.1, 0.15) is 0 Å². The number of likely N-dealkylation sites (tertiary alicyclic amines) is 2. The van der Waals surface area contributed by atoms with E-state index >= 15 is 0 Å². The van der Waals surface area contributed by atoms with Gasteiger partial charge in [0, 0.05) is 26.2 Å². The van der Waals surface area contributed by atoms with Gasteiger partial charge in [-0.15, -0.1) is 24.0 Å². The highest BCUT2D eigenvalue weighted by Gasteiger charge is 2.22. The van der Waals surface area contributed by atoms with Crippen LogP contribution >= 0.6 is 24.0 Å². The summed E-state index contributed by atoms with van der Waals surface area (Å²) in [4.78, 5) is 9.50. The van der Waals surface area contributed by atoms with E-state index < -0.39 is 0 Å². The third-order valence-corrected chi connectivity index (χ3v) is 5.03. The second-order valence-electron chi connectivity index (χ2n) is 6.56. The highest BCUT2D eigenvalue weighted by Crippen LogP contribution is 2.15. The fourth-order valence-electron chi connectivity index (χ4n) is 3.65. The van der Waals surface area contributed by atoms with Gasteiger partial charge >= 0.3 is 0 Å². The van der Waals surface area contributed by atoms with E-state index in [-0.39, 0.29) is 24.0 Å². The minimum atomic E-state index is 0. The molecule has 1 unspecified atom stereocenters. The lowest BCUT2D eigenvalue weighted by atomic mass is 10.2. The minimum absolute atomic E-state index is 0. The molecule has 2 heterocycles. The van der Waals surface area contributed by atoms with Gasteiger partial charge in [-0.1, -0.05) is 6.92 Å². The molecule has 2 fully saturated rings. The van der Waals surface area contributed by atoms with Gasteiger partial charge in [-0.25, -0.2) is 0 Å². The second-order valence-corrected chi connectivity index (χ2v) is 6.56. The molecule has 0 aromatic carbocycles. The Morgan fingerprint density at radius 1 is 1.09 bits per heavy atom. The number of guanidine groups is 1. The van der Waals surface area contributed by atoms with Crippen molar-refractivity contribution in [1.82, 2.24) is 20.4 Å². The molecule has 1 atom stereocenters. The molecule has 2 N–H and O–H groups in total. The van der Waals surface area contributed by atoms with E-state index in [4.69, 9.17) is 0 Å². The zero-order valence-corrected chi connectivity index (χ0v) is 17.3. The summed E-state index contributed by atoms with van der Waals surface area (Å²) >= 11 is 0. The molecule has 2 saturated heterocycles. The molecule has 0 amide bonds. The Morgan fingerprint density at radius 2 is 1.87 bits per heavy atom. The normalized spacial score (nSPS) is 23.0. The molecule has 0 saturated carbocycles. The maximum absolute atomic E-state index is 4.34. The zero-order chi connectivity index (χ0) is 15.6. The van der Waals surface area contributed by atoms with Crippen LogP contribution in [0.5, 0.6) is 0 Å². The van der Waals surface area contributed by atoms with E-state index in [1.165, 1.54) is 64.7 Å². The van der Waals surface area contributed by atoms with Gasteiger partial charge in [0.05, 0.1) is 0 Å². The van der Waals surface area contributed by atoms with Crippen LogP contribution in [0.15, 0.2) is 4.99 Å². The zero-order valence-electron chi connectivity index (χ0n) is 15.0. The molecule has 0 aromatic heterocycles. The van der Waals surface area contributed by atoms with Crippen LogP contribution in [0.3, 0.4) is 0 Å². The first-order valence-corrected chi connectivity index (χ1v) is 9.24. The molecule has 0 radical (unpaired) electrons. The first kappa shape index (κ1) is 21.0. The van der Waals surface area contributed by atoms with Crippen LogP contribution in [0.25, 0.3) is 0 Å². The minimum Gasteiger partial charge on any atom is -0.356 e. The summed E-state index contributed by atoms with van der Waals surface area (Å²) in [5.74, 6) is 0.962. The maximum atomic E-state index is 4.34. The monoisotopic (exact) mass is 437 g/mol. The van der Waals surface area contributed by atoms with Crippen molar-refractivity contribution in [3.8, 4) is 0 Å². The number of rotatable bonds is 8. The summed E-state index contributed by atoms with van der Waals surface area (Å²) < 4.78 is 0. The summed E-state index contributed by atoms with van der Waals surface area (Å²) in [6.45, 7) is 10.6. The lowest BCUT2D eigenvalue weighted by molar-refractivity contribution is 0.267. The van der Waals surface area contributed by atoms with Gasteiger partial charge in [-0.3, -0.25) is 9.89 Å². The fraction of sp³-hybridized carbons (Fsp3) is 0.941. The second kappa shape index (κ2) is 12.3. The number of aliphatic imine (C=N–C) groups is 1. The first-order chi connectivity index (χ1) is 10.8. The standard InChI is InChI=1S/C17H35N5.HI/c1-3-22-14-8-9-16(22)15-20-17(18-2)19-10-4-5-11-21-12-6-7-13-21;/h16H,3-15H2,1-2H3,(H2,18,19,20);1H. The largest absolute Gasteiger partial charge is 0.356 e. The number of nitrogens with one attached hydrogen (secondary N) is 2. The smallest absolute Gasteiger partial charge is 0.191 e. The van der Waals surface area contributed by atoms with Crippen molar-refractivity contribution in [2.24, 2.45) is 4.99 Å². The van der Waals surface area contributed by atoms with Crippen LogP contribution in [-0.2, 0) is 0 Å². The molecular formula is C17H36IN5. The third kappa shape index (κ3) is 7.56. The van der Waals surface area contributed by atoms with Gasteiger partial charge in [-0.2, -0.15) is 0 Å². The molecule has 0 aliphatic carbocycles. The molecule has 2 aliphatic rings. The molecule has 6 heteroatoms. The van der Waals surface area contributed by atoms with Crippen molar-refractivity contribution in [2.75, 3.05) is 52.9 Å². The van der Waals surface area contributed by atoms with Gasteiger partial charge in [0.2, 0.25) is 0 Å². The van der Waals surface area contributed by atoms with Crippen LogP contribution in [0, 0.1) is 0 Å². The summed E-state index contributed by atoms with van der Waals surface area (Å²) in [5.41, 5.74) is 0. The Kier molecular flexibility index (Phi) is 11.2. The molecular weight excluding hydrogens is 401 g/mol. The topological polar surface area (TPSA) is 42.9 Å². The molecule has 23 heavy (non-hydrogen) atoms. The predicted molar refractivity (Wildman–Crippen MR) is 110 cm³/mol. The number of likely N-dealkylation sites (N-methyl/N-ethyl adjacent to an activating group) is 1. The highest BCUT2D eigenvalue weighted by atomic mass is 127. The summed E-state index contributed by atoms with van der Waals surface area (Å²) in [6.07, 6.45) is 7.95. The SMILES string of the molecule is CCN1CCCC1CNC(=NC)NCCCCN1CCCC1.I. The third-order valence-electron chi connectivity index (χ3n) is 5.03. The van der Waals surface area contributed by atoms with Crippen LogP contribution < -0.4 is 10.6 Å². The Labute approximate surface area is 159 Å². The van der Waals surface area contributed by atoms with Crippen molar-refractivity contribution in [1.29, 1.82) is 0 Å². The lowest BCUT2D eigenvalue weighted by Crippen LogP contribution is -2.45. The van der Waals surface area contributed by atoms with Gasteiger partial charge in [0.25, 0.3) is 0 Å². The molecule has 2 aliphatic heterocycles. The van der Waals surface area contributed by atoms with Crippen molar-refractivity contribution < 1.29 is 0 Å². The van der Waals surface area contributed by atoms with Crippen LogP contribution in [-0.4, -0.2) is 74.7 Å². The quantitative estimate of drug-likeness (QED) is 0.264. The van der Waals surface area contributed by atoms with Crippen molar-refractivity contribution >= 4 is 29.9 Å². The van der Waals surface area contributed by atoms with Crippen LogP contribution in [0.1, 0.15) is 45.4 Å². The summed E-state index contributed by atoms with van der Waals surface area (Å²) in [5, 5.41) is 6.95. The fourth-order valence-corrected chi connectivity index (χ4v) is 3.65. The van der Waals surface area contributed by atoms with Crippen LogP contribution in [0.2, 0.25) is 0 Å². The van der Waals surface area contributed by atoms with Crippen molar-refractivity contribution in [3.63, 3.8) is 0 Å². The average Bonchev–Trinajstić information content (AvgIpc) is 3.21. The number of unbranched alkanes of at least 4 members (excludes halogenated alkanes) is 1. The maximum Gasteiger partial charge on any atom is 0.191 e. The predicted octanol–water partition coefficient (Wildman–Crippen LogP) is 2.13. The summed E-state index contributed by atoms with van der Waals surface area (Å²) in [7, 11) is 1.87. The number of hydrogen-bond acceptors (Lipinski definition) is 3. The van der Waals surface area contributed by atoms with Gasteiger partial charge in [0.15, 0.2) is 5.96 Å². The van der Waals surface area contributed by atoms with E-state index in [1.54, 1.807) is 0 Å². The number of nitrogens with zero attached hydrogens (tertiary/aromatic N) is 3. The van der Waals surface area contributed by atoms with E-state index in [0.29, 0.717) is 6.04 Å². The molecule has 0 aromatic rings. The average molecular weight is 437 g/mol. The van der Waals surface area contributed by atoms with Gasteiger partial charge in [-0.05, 0) is 71.2 Å². The van der Waals surface area contributed by atoms with Gasteiger partial charge < -0.3 is 15.5 Å². The number of halogens is 1. The van der Waals surface area contributed by atoms with E-state index in [0.717, 1.165) is 25.6 Å². The molecule has 0 spiro atoms. The Morgan fingerprint density at radius 3 is 2.57 bits per heavy atom. The van der Waals surface area contributed by atoms with E-state index in [1.807, 2.05) is 7.05 Å². The molecule has 5 nitrogen and oxygen atoms in total. The molecule has 136 valence electrons. The number of hydrogen-bond donors (Lipinski definition) is 2. The van der Waals surface area contributed by atoms with E-state index in [2.05, 4.69) is 32.3 Å². The molecule has 2 rings (SSSR count). The summed E-state index contributed by atoms with van der Waals surface area (Å²) in [6, 6.07) is 0.679.